The summed E-state index contributed by atoms with van der Waals surface area (Å²) in [5, 5.41) is 1.69. The second-order valence-electron chi connectivity index (χ2n) is 3.40. The third-order valence-electron chi connectivity index (χ3n) is 2.39. The summed E-state index contributed by atoms with van der Waals surface area (Å²) in [6.45, 7) is 0.418. The van der Waals surface area contributed by atoms with E-state index in [1.807, 2.05) is 24.3 Å². The van der Waals surface area contributed by atoms with Gasteiger partial charge in [-0.3, -0.25) is 4.98 Å². The van der Waals surface area contributed by atoms with E-state index < -0.39 is 0 Å². The average molecular weight is 222 g/mol. The van der Waals surface area contributed by atoms with Crippen LogP contribution in [0.1, 0.15) is 11.6 Å². The van der Waals surface area contributed by atoms with Gasteiger partial charge in [-0.25, -0.2) is 0 Å². The van der Waals surface area contributed by atoms with Crippen LogP contribution < -0.4 is 11.5 Å². The molecule has 0 aliphatic heterocycles. The van der Waals surface area contributed by atoms with E-state index in [4.69, 9.17) is 23.1 Å². The van der Waals surface area contributed by atoms with Crippen molar-refractivity contribution < 1.29 is 0 Å². The van der Waals surface area contributed by atoms with Gasteiger partial charge in [0, 0.05) is 29.2 Å². The predicted octanol–water partition coefficient (Wildman–Crippen LogP) is 1.85. The first-order chi connectivity index (χ1) is 7.22. The molecule has 0 fully saturated rings. The van der Waals surface area contributed by atoms with Crippen LogP contribution in [0.2, 0.25) is 5.02 Å². The zero-order valence-corrected chi connectivity index (χ0v) is 8.91. The van der Waals surface area contributed by atoms with Crippen molar-refractivity contribution in [1.82, 2.24) is 4.98 Å². The maximum atomic E-state index is 5.91. The molecule has 1 atom stereocenters. The summed E-state index contributed by atoms with van der Waals surface area (Å²) in [7, 11) is 0. The fourth-order valence-corrected chi connectivity index (χ4v) is 1.76. The number of nitrogens with two attached hydrogens (primary N) is 2. The Hall–Kier alpha value is -1.16. The molecule has 1 aromatic heterocycles. The zero-order chi connectivity index (χ0) is 10.8. The molecule has 4 N–H and O–H groups in total. The molecule has 2 rings (SSSR count). The molecule has 0 radical (unpaired) electrons. The molecule has 0 bridgehead atoms. The lowest BCUT2D eigenvalue weighted by Crippen LogP contribution is -2.21. The molecule has 15 heavy (non-hydrogen) atoms. The van der Waals surface area contributed by atoms with E-state index in [2.05, 4.69) is 4.98 Å². The Balaban J connectivity index is 2.66. The van der Waals surface area contributed by atoms with Gasteiger partial charge in [0.2, 0.25) is 0 Å². The lowest BCUT2D eigenvalue weighted by atomic mass is 10.0. The molecule has 0 saturated carbocycles. The van der Waals surface area contributed by atoms with E-state index in [9.17, 15) is 0 Å². The predicted molar refractivity (Wildman–Crippen MR) is 62.7 cm³/mol. The van der Waals surface area contributed by atoms with Gasteiger partial charge < -0.3 is 11.5 Å². The van der Waals surface area contributed by atoms with Gasteiger partial charge in [0.25, 0.3) is 0 Å². The fourth-order valence-electron chi connectivity index (χ4n) is 1.59. The first-order valence-corrected chi connectivity index (χ1v) is 5.10. The average Bonchev–Trinajstić information content (AvgIpc) is 2.26. The summed E-state index contributed by atoms with van der Waals surface area (Å²) in [5.41, 5.74) is 13.3. The van der Waals surface area contributed by atoms with E-state index >= 15 is 0 Å². The Kier molecular flexibility index (Phi) is 2.86. The maximum Gasteiger partial charge on any atom is 0.0720 e. The van der Waals surface area contributed by atoms with Crippen LogP contribution in [0.3, 0.4) is 0 Å². The van der Waals surface area contributed by atoms with E-state index in [0.717, 1.165) is 16.5 Å². The summed E-state index contributed by atoms with van der Waals surface area (Å²) in [6, 6.07) is 7.32. The topological polar surface area (TPSA) is 64.9 Å². The summed E-state index contributed by atoms with van der Waals surface area (Å²) in [6.07, 6.45) is 1.73. The van der Waals surface area contributed by atoms with Gasteiger partial charge in [0.05, 0.1) is 5.52 Å². The number of rotatable bonds is 2. The highest BCUT2D eigenvalue weighted by Crippen LogP contribution is 2.23. The number of nitrogens with zero attached hydrogens (tertiary/aromatic N) is 1. The molecular formula is C11H12ClN3. The highest BCUT2D eigenvalue weighted by molar-refractivity contribution is 6.31. The second-order valence-corrected chi connectivity index (χ2v) is 3.84. The number of benzene rings is 1. The highest BCUT2D eigenvalue weighted by Gasteiger charge is 2.08. The molecule has 1 aromatic carbocycles. The first kappa shape index (κ1) is 10.4. The van der Waals surface area contributed by atoms with Crippen LogP contribution in [0.25, 0.3) is 10.9 Å². The van der Waals surface area contributed by atoms with Crippen LogP contribution in [0.4, 0.5) is 0 Å². The molecule has 0 spiro atoms. The van der Waals surface area contributed by atoms with Crippen molar-refractivity contribution >= 4 is 22.5 Å². The monoisotopic (exact) mass is 221 g/mol. The standard InChI is InChI=1S/C11H12ClN3/c12-7-1-2-9-8(10(14)6-13)3-4-15-11(9)5-7/h1-5,10H,6,13-14H2. The molecule has 78 valence electrons. The first-order valence-electron chi connectivity index (χ1n) is 4.72. The van der Waals surface area contributed by atoms with E-state index in [0.29, 0.717) is 11.6 Å². The molecule has 1 unspecified atom stereocenters. The molecule has 0 aliphatic carbocycles. The van der Waals surface area contributed by atoms with Crippen molar-refractivity contribution in [2.75, 3.05) is 6.54 Å². The van der Waals surface area contributed by atoms with Crippen molar-refractivity contribution in [1.29, 1.82) is 0 Å². The number of hydrogen-bond donors (Lipinski definition) is 2. The summed E-state index contributed by atoms with van der Waals surface area (Å²) < 4.78 is 0. The van der Waals surface area contributed by atoms with Crippen molar-refractivity contribution in [2.45, 2.75) is 6.04 Å². The molecule has 3 nitrogen and oxygen atoms in total. The minimum Gasteiger partial charge on any atom is -0.329 e. The van der Waals surface area contributed by atoms with E-state index in [1.54, 1.807) is 6.20 Å². The molecule has 0 saturated heterocycles. The highest BCUT2D eigenvalue weighted by atomic mass is 35.5. The van der Waals surface area contributed by atoms with Gasteiger partial charge in [-0.05, 0) is 23.8 Å². The Morgan fingerprint density at radius 3 is 2.87 bits per heavy atom. The summed E-state index contributed by atoms with van der Waals surface area (Å²) >= 11 is 5.89. The Morgan fingerprint density at radius 2 is 2.13 bits per heavy atom. The van der Waals surface area contributed by atoms with Crippen LogP contribution in [-0.2, 0) is 0 Å². The molecular weight excluding hydrogens is 210 g/mol. The summed E-state index contributed by atoms with van der Waals surface area (Å²) in [5.74, 6) is 0. The lowest BCUT2D eigenvalue weighted by molar-refractivity contribution is 0.742. The fraction of sp³-hybridized carbons (Fsp3) is 0.182. The van der Waals surface area contributed by atoms with Gasteiger partial charge in [0.1, 0.15) is 0 Å². The van der Waals surface area contributed by atoms with Gasteiger partial charge in [-0.15, -0.1) is 0 Å². The molecule has 0 amide bonds. The maximum absolute atomic E-state index is 5.91. The van der Waals surface area contributed by atoms with Crippen molar-refractivity contribution in [3.8, 4) is 0 Å². The lowest BCUT2D eigenvalue weighted by Gasteiger charge is -2.11. The van der Waals surface area contributed by atoms with Gasteiger partial charge in [0.15, 0.2) is 0 Å². The summed E-state index contributed by atoms with van der Waals surface area (Å²) in [4.78, 5) is 4.24. The third-order valence-corrected chi connectivity index (χ3v) is 2.63. The van der Waals surface area contributed by atoms with Gasteiger partial charge in [-0.1, -0.05) is 17.7 Å². The number of fused-ring (bicyclic) bond motifs is 1. The Bertz CT molecular complexity index is 484. The van der Waals surface area contributed by atoms with Crippen LogP contribution in [-0.4, -0.2) is 11.5 Å². The van der Waals surface area contributed by atoms with Crippen LogP contribution in [0.5, 0.6) is 0 Å². The van der Waals surface area contributed by atoms with Crippen LogP contribution >= 0.6 is 11.6 Å². The van der Waals surface area contributed by atoms with E-state index in [1.165, 1.54) is 0 Å². The van der Waals surface area contributed by atoms with Crippen molar-refractivity contribution in [3.05, 3.63) is 41.0 Å². The van der Waals surface area contributed by atoms with Gasteiger partial charge in [-0.2, -0.15) is 0 Å². The van der Waals surface area contributed by atoms with Crippen molar-refractivity contribution in [3.63, 3.8) is 0 Å². The van der Waals surface area contributed by atoms with Gasteiger partial charge >= 0.3 is 0 Å². The largest absolute Gasteiger partial charge is 0.329 e. The molecule has 4 heteroatoms. The minimum atomic E-state index is -0.156. The third kappa shape index (κ3) is 1.95. The number of halogens is 1. The molecule has 1 heterocycles. The SMILES string of the molecule is NCC(N)c1ccnc2cc(Cl)ccc12. The smallest absolute Gasteiger partial charge is 0.0720 e. The quantitative estimate of drug-likeness (QED) is 0.814. The number of hydrogen-bond acceptors (Lipinski definition) is 3. The number of aromatic nitrogens is 1. The molecule has 0 aliphatic rings. The van der Waals surface area contributed by atoms with Crippen LogP contribution in [0.15, 0.2) is 30.5 Å². The number of pyridine rings is 1. The zero-order valence-electron chi connectivity index (χ0n) is 8.15. The second kappa shape index (κ2) is 4.14. The minimum absolute atomic E-state index is 0.156. The Morgan fingerprint density at radius 1 is 1.33 bits per heavy atom. The Labute approximate surface area is 93.0 Å². The van der Waals surface area contributed by atoms with Crippen molar-refractivity contribution in [2.24, 2.45) is 11.5 Å². The van der Waals surface area contributed by atoms with E-state index in [-0.39, 0.29) is 6.04 Å². The molecule has 2 aromatic rings. The normalized spacial score (nSPS) is 13.0. The van der Waals surface area contributed by atoms with Crippen LogP contribution in [0, 0.1) is 0 Å².